The van der Waals surface area contributed by atoms with Gasteiger partial charge in [-0.05, 0) is 48.7 Å². The first-order valence-corrected chi connectivity index (χ1v) is 6.74. The van der Waals surface area contributed by atoms with Crippen molar-refractivity contribution in [1.82, 2.24) is 0 Å². The Hall–Kier alpha value is -0.540. The Kier molecular flexibility index (Phi) is 3.32. The van der Waals surface area contributed by atoms with Gasteiger partial charge < -0.3 is 4.42 Å². The van der Waals surface area contributed by atoms with E-state index in [1.807, 2.05) is 13.8 Å². The van der Waals surface area contributed by atoms with Crippen molar-refractivity contribution in [3.05, 3.63) is 45.5 Å². The van der Waals surface area contributed by atoms with Crippen LogP contribution in [0.2, 0.25) is 0 Å². The summed E-state index contributed by atoms with van der Waals surface area (Å²) in [6.45, 7) is 4.00. The molecule has 1 atom stereocenters. The molecule has 15 heavy (non-hydrogen) atoms. The molecule has 0 N–H and O–H groups in total. The van der Waals surface area contributed by atoms with Crippen LogP contribution >= 0.6 is 27.3 Å². The molecule has 0 aliphatic heterocycles. The topological polar surface area (TPSA) is 13.1 Å². The van der Waals surface area contributed by atoms with Crippen LogP contribution in [0, 0.1) is 13.8 Å². The van der Waals surface area contributed by atoms with Crippen LogP contribution in [0.1, 0.15) is 27.5 Å². The molecule has 2 aromatic rings. The zero-order valence-electron chi connectivity index (χ0n) is 8.79. The number of furan rings is 1. The number of alkyl halides is 1. The summed E-state index contributed by atoms with van der Waals surface area (Å²) < 4.78 is 5.53. The zero-order valence-corrected chi connectivity index (χ0v) is 11.2. The van der Waals surface area contributed by atoms with Crippen molar-refractivity contribution < 1.29 is 4.42 Å². The summed E-state index contributed by atoms with van der Waals surface area (Å²) >= 11 is 5.46. The Balaban J connectivity index is 2.14. The highest BCUT2D eigenvalue weighted by Gasteiger charge is 2.14. The van der Waals surface area contributed by atoms with E-state index in [1.54, 1.807) is 11.3 Å². The third kappa shape index (κ3) is 2.52. The zero-order chi connectivity index (χ0) is 10.8. The Morgan fingerprint density at radius 1 is 1.47 bits per heavy atom. The first-order valence-electron chi connectivity index (χ1n) is 4.89. The monoisotopic (exact) mass is 284 g/mol. The first-order chi connectivity index (χ1) is 7.16. The minimum absolute atomic E-state index is 0.351. The van der Waals surface area contributed by atoms with Crippen molar-refractivity contribution >= 4 is 27.3 Å². The van der Waals surface area contributed by atoms with Gasteiger partial charge in [-0.3, -0.25) is 0 Å². The number of hydrogen-bond donors (Lipinski definition) is 0. The highest BCUT2D eigenvalue weighted by Crippen LogP contribution is 2.31. The van der Waals surface area contributed by atoms with Crippen LogP contribution in [0.4, 0.5) is 0 Å². The summed E-state index contributed by atoms with van der Waals surface area (Å²) in [7, 11) is 0. The van der Waals surface area contributed by atoms with E-state index in [-0.39, 0.29) is 0 Å². The molecule has 0 radical (unpaired) electrons. The molecule has 3 heteroatoms. The molecule has 0 aromatic carbocycles. The number of thiophene rings is 1. The van der Waals surface area contributed by atoms with Gasteiger partial charge in [0, 0.05) is 10.4 Å². The van der Waals surface area contributed by atoms with Gasteiger partial charge in [0.2, 0.25) is 0 Å². The second-order valence-corrected chi connectivity index (χ2v) is 5.56. The Bertz CT molecular complexity index is 430. The van der Waals surface area contributed by atoms with Crippen molar-refractivity contribution in [3.63, 3.8) is 0 Å². The fraction of sp³-hybridized carbons (Fsp3) is 0.333. The number of aryl methyl sites for hydroxylation is 2. The van der Waals surface area contributed by atoms with Crippen molar-refractivity contribution in [1.29, 1.82) is 0 Å². The Morgan fingerprint density at radius 2 is 2.27 bits per heavy atom. The standard InChI is InChI=1S/C12H13BrOS/c1-8-5-11(9(2)14-8)12(13)6-10-3-4-15-7-10/h3-5,7,12H,6H2,1-2H3. The molecule has 2 heterocycles. The van der Waals surface area contributed by atoms with Crippen LogP contribution in [0.15, 0.2) is 27.3 Å². The van der Waals surface area contributed by atoms with Crippen LogP contribution in [0.5, 0.6) is 0 Å². The van der Waals surface area contributed by atoms with E-state index in [0.717, 1.165) is 17.9 Å². The Labute approximate surface area is 102 Å². The highest BCUT2D eigenvalue weighted by molar-refractivity contribution is 9.09. The molecule has 2 aromatic heterocycles. The minimum atomic E-state index is 0.351. The fourth-order valence-corrected chi connectivity index (χ4v) is 3.20. The normalized spacial score (nSPS) is 13.0. The fourth-order valence-electron chi connectivity index (χ4n) is 1.69. The van der Waals surface area contributed by atoms with Crippen LogP contribution in [-0.4, -0.2) is 0 Å². The van der Waals surface area contributed by atoms with Crippen LogP contribution < -0.4 is 0 Å². The van der Waals surface area contributed by atoms with Gasteiger partial charge in [-0.15, -0.1) is 0 Å². The predicted molar refractivity (Wildman–Crippen MR) is 67.9 cm³/mol. The van der Waals surface area contributed by atoms with E-state index >= 15 is 0 Å². The summed E-state index contributed by atoms with van der Waals surface area (Å²) in [5, 5.41) is 4.30. The van der Waals surface area contributed by atoms with Gasteiger partial charge in [-0.1, -0.05) is 15.9 Å². The van der Waals surface area contributed by atoms with Gasteiger partial charge in [0.1, 0.15) is 11.5 Å². The van der Waals surface area contributed by atoms with Crippen molar-refractivity contribution in [2.75, 3.05) is 0 Å². The molecule has 0 aliphatic carbocycles. The van der Waals surface area contributed by atoms with Gasteiger partial charge in [0.25, 0.3) is 0 Å². The number of halogens is 1. The summed E-state index contributed by atoms with van der Waals surface area (Å²) in [4.78, 5) is 0.351. The van der Waals surface area contributed by atoms with Gasteiger partial charge in [-0.25, -0.2) is 0 Å². The smallest absolute Gasteiger partial charge is 0.105 e. The molecule has 0 fully saturated rings. The van der Waals surface area contributed by atoms with E-state index in [9.17, 15) is 0 Å². The largest absolute Gasteiger partial charge is 0.466 e. The quantitative estimate of drug-likeness (QED) is 0.749. The lowest BCUT2D eigenvalue weighted by molar-refractivity contribution is 0.501. The van der Waals surface area contributed by atoms with E-state index < -0.39 is 0 Å². The molecule has 0 bridgehead atoms. The lowest BCUT2D eigenvalue weighted by atomic mass is 10.1. The maximum absolute atomic E-state index is 5.53. The maximum Gasteiger partial charge on any atom is 0.105 e. The molecule has 0 amide bonds. The molecule has 80 valence electrons. The number of rotatable bonds is 3. The van der Waals surface area contributed by atoms with Crippen LogP contribution in [0.25, 0.3) is 0 Å². The molecule has 0 spiro atoms. The first kappa shape index (κ1) is 11.0. The summed E-state index contributed by atoms with van der Waals surface area (Å²) in [5.41, 5.74) is 2.64. The maximum atomic E-state index is 5.53. The van der Waals surface area contributed by atoms with Crippen molar-refractivity contribution in [3.8, 4) is 0 Å². The Morgan fingerprint density at radius 3 is 2.80 bits per heavy atom. The minimum Gasteiger partial charge on any atom is -0.466 e. The molecule has 1 unspecified atom stereocenters. The second-order valence-electron chi connectivity index (χ2n) is 3.67. The lowest BCUT2D eigenvalue weighted by Gasteiger charge is -2.06. The SMILES string of the molecule is Cc1cc(C(Br)Cc2ccsc2)c(C)o1. The van der Waals surface area contributed by atoms with E-state index in [4.69, 9.17) is 4.42 Å². The average molecular weight is 285 g/mol. The molecule has 1 nitrogen and oxygen atoms in total. The second kappa shape index (κ2) is 4.54. The summed E-state index contributed by atoms with van der Waals surface area (Å²) in [6, 6.07) is 4.28. The van der Waals surface area contributed by atoms with Crippen molar-refractivity contribution in [2.45, 2.75) is 25.1 Å². The van der Waals surface area contributed by atoms with Gasteiger partial charge in [0.05, 0.1) is 0 Å². The van der Waals surface area contributed by atoms with Gasteiger partial charge in [0.15, 0.2) is 0 Å². The van der Waals surface area contributed by atoms with E-state index in [1.165, 1.54) is 11.1 Å². The average Bonchev–Trinajstić information content (AvgIpc) is 2.75. The van der Waals surface area contributed by atoms with Crippen molar-refractivity contribution in [2.24, 2.45) is 0 Å². The lowest BCUT2D eigenvalue weighted by Crippen LogP contribution is -1.93. The predicted octanol–water partition coefficient (Wildman–Crippen LogP) is 4.64. The third-order valence-electron chi connectivity index (χ3n) is 2.41. The molecular weight excluding hydrogens is 272 g/mol. The molecule has 0 saturated heterocycles. The number of hydrogen-bond acceptors (Lipinski definition) is 2. The van der Waals surface area contributed by atoms with Gasteiger partial charge in [-0.2, -0.15) is 11.3 Å². The molecule has 0 saturated carbocycles. The summed E-state index contributed by atoms with van der Waals surface area (Å²) in [5.74, 6) is 2.00. The highest BCUT2D eigenvalue weighted by atomic mass is 79.9. The van der Waals surface area contributed by atoms with E-state index in [2.05, 4.69) is 38.8 Å². The summed E-state index contributed by atoms with van der Waals surface area (Å²) in [6.07, 6.45) is 1.02. The molecule has 2 rings (SSSR count). The molecular formula is C12H13BrOS. The van der Waals surface area contributed by atoms with Crippen LogP contribution in [0.3, 0.4) is 0 Å². The van der Waals surface area contributed by atoms with Crippen LogP contribution in [-0.2, 0) is 6.42 Å². The van der Waals surface area contributed by atoms with E-state index in [0.29, 0.717) is 4.83 Å². The third-order valence-corrected chi connectivity index (χ3v) is 3.96. The van der Waals surface area contributed by atoms with Gasteiger partial charge >= 0.3 is 0 Å². The molecule has 0 aliphatic rings.